The molecule has 0 amide bonds. The first kappa shape index (κ1) is 17.7. The van der Waals surface area contributed by atoms with Crippen molar-refractivity contribution in [1.82, 2.24) is 0 Å². The molecule has 0 bridgehead atoms. The second-order valence-corrected chi connectivity index (χ2v) is 7.74. The summed E-state index contributed by atoms with van der Waals surface area (Å²) in [5.74, 6) is 0. The summed E-state index contributed by atoms with van der Waals surface area (Å²) in [5.41, 5.74) is 3.18. The van der Waals surface area contributed by atoms with Crippen molar-refractivity contribution in [1.29, 1.82) is 0 Å². The summed E-state index contributed by atoms with van der Waals surface area (Å²) in [7, 11) is 0. The lowest BCUT2D eigenvalue weighted by Gasteiger charge is -2.19. The molecule has 0 aliphatic carbocycles. The van der Waals surface area contributed by atoms with Crippen molar-refractivity contribution in [3.8, 4) is 0 Å². The number of nitrogens with zero attached hydrogens (tertiary/aromatic N) is 2. The van der Waals surface area contributed by atoms with E-state index in [1.807, 2.05) is 47.6 Å². The second kappa shape index (κ2) is 7.26. The lowest BCUT2D eigenvalue weighted by atomic mass is 9.92. The SMILES string of the molecule is C(=N\N(c1ccccc1)c1ccccc1)/c1cc2cccc3ccc4cccc1c4c32. The second-order valence-electron chi connectivity index (χ2n) is 7.74. The zero-order chi connectivity index (χ0) is 20.6. The maximum atomic E-state index is 4.95. The predicted octanol–water partition coefficient (Wildman–Crippen LogP) is 7.76. The minimum atomic E-state index is 1.03. The van der Waals surface area contributed by atoms with E-state index in [1.165, 1.54) is 32.3 Å². The van der Waals surface area contributed by atoms with Crippen molar-refractivity contribution >= 4 is 49.9 Å². The molecule has 0 N–H and O–H groups in total. The Kier molecular flexibility index (Phi) is 4.14. The summed E-state index contributed by atoms with van der Waals surface area (Å²) in [6.07, 6.45) is 1.99. The van der Waals surface area contributed by atoms with Gasteiger partial charge in [0.05, 0.1) is 17.6 Å². The number of anilines is 2. The Bertz CT molecular complexity index is 1480. The fourth-order valence-electron chi connectivity index (χ4n) is 4.44. The minimum Gasteiger partial charge on any atom is -0.234 e. The summed E-state index contributed by atoms with van der Waals surface area (Å²) >= 11 is 0. The first-order valence-electron chi connectivity index (χ1n) is 10.5. The highest BCUT2D eigenvalue weighted by Gasteiger charge is 2.12. The van der Waals surface area contributed by atoms with E-state index >= 15 is 0 Å². The third-order valence-electron chi connectivity index (χ3n) is 5.85. The van der Waals surface area contributed by atoms with Gasteiger partial charge in [0.2, 0.25) is 0 Å². The van der Waals surface area contributed by atoms with Crippen molar-refractivity contribution < 1.29 is 0 Å². The van der Waals surface area contributed by atoms with Gasteiger partial charge in [0.15, 0.2) is 0 Å². The smallest absolute Gasteiger partial charge is 0.0652 e. The molecule has 0 aliphatic heterocycles. The summed E-state index contributed by atoms with van der Waals surface area (Å²) in [6.45, 7) is 0. The Morgan fingerprint density at radius 2 is 1.10 bits per heavy atom. The highest BCUT2D eigenvalue weighted by molar-refractivity contribution is 6.26. The van der Waals surface area contributed by atoms with E-state index < -0.39 is 0 Å². The van der Waals surface area contributed by atoms with Gasteiger partial charge in [-0.15, -0.1) is 0 Å². The van der Waals surface area contributed by atoms with Crippen LogP contribution in [0.25, 0.3) is 32.3 Å². The molecule has 0 radical (unpaired) electrons. The molecule has 6 aromatic rings. The first-order valence-corrected chi connectivity index (χ1v) is 10.5. The Morgan fingerprint density at radius 1 is 0.516 bits per heavy atom. The molecule has 0 fully saturated rings. The quantitative estimate of drug-likeness (QED) is 0.169. The van der Waals surface area contributed by atoms with Crippen LogP contribution in [0.1, 0.15) is 5.56 Å². The summed E-state index contributed by atoms with van der Waals surface area (Å²) < 4.78 is 0. The van der Waals surface area contributed by atoms with E-state index in [-0.39, 0.29) is 0 Å². The average Bonchev–Trinajstić information content (AvgIpc) is 2.84. The molecule has 0 aromatic heterocycles. The summed E-state index contributed by atoms with van der Waals surface area (Å²) in [5, 5.41) is 14.6. The van der Waals surface area contributed by atoms with Gasteiger partial charge in [-0.05, 0) is 62.6 Å². The number of rotatable bonds is 4. The lowest BCUT2D eigenvalue weighted by molar-refractivity contribution is 1.09. The van der Waals surface area contributed by atoms with Crippen LogP contribution in [0.3, 0.4) is 0 Å². The molecule has 0 heterocycles. The van der Waals surface area contributed by atoms with Gasteiger partial charge in [-0.3, -0.25) is 0 Å². The van der Waals surface area contributed by atoms with E-state index in [0.717, 1.165) is 16.9 Å². The molecular weight excluding hydrogens is 376 g/mol. The van der Waals surface area contributed by atoms with Crippen LogP contribution in [0.4, 0.5) is 11.4 Å². The number of hydrogen-bond donors (Lipinski definition) is 0. The average molecular weight is 396 g/mol. The molecule has 0 spiro atoms. The van der Waals surface area contributed by atoms with Gasteiger partial charge in [0.25, 0.3) is 0 Å². The molecule has 146 valence electrons. The van der Waals surface area contributed by atoms with Crippen molar-refractivity contribution in [2.45, 2.75) is 0 Å². The molecule has 6 aromatic carbocycles. The monoisotopic (exact) mass is 396 g/mol. The van der Waals surface area contributed by atoms with Gasteiger partial charge >= 0.3 is 0 Å². The van der Waals surface area contributed by atoms with E-state index in [4.69, 9.17) is 5.10 Å². The summed E-state index contributed by atoms with van der Waals surface area (Å²) in [4.78, 5) is 0. The van der Waals surface area contributed by atoms with E-state index in [0.29, 0.717) is 0 Å². The Labute approximate surface area is 181 Å². The van der Waals surface area contributed by atoms with Crippen molar-refractivity contribution in [3.05, 3.63) is 121 Å². The number of para-hydroxylation sites is 2. The van der Waals surface area contributed by atoms with Gasteiger partial charge in [-0.25, -0.2) is 5.01 Å². The van der Waals surface area contributed by atoms with Crippen LogP contribution in [0.5, 0.6) is 0 Å². The molecule has 2 heteroatoms. The standard InChI is InChI=1S/C29H20N2/c1-3-12-25(13-4-1)31(26-14-5-2-6-15-26)30-20-24-19-23-11-7-9-21-17-18-22-10-8-16-27(24)29(22)28(21)23/h1-20H/b30-20+. The number of hydrazone groups is 1. The predicted molar refractivity (Wildman–Crippen MR) is 133 cm³/mol. The topological polar surface area (TPSA) is 15.6 Å². The third kappa shape index (κ3) is 3.01. The van der Waals surface area contributed by atoms with Gasteiger partial charge < -0.3 is 0 Å². The number of benzene rings is 6. The fraction of sp³-hybridized carbons (Fsp3) is 0. The van der Waals surface area contributed by atoms with Crippen LogP contribution in [-0.4, -0.2) is 6.21 Å². The van der Waals surface area contributed by atoms with Gasteiger partial charge in [-0.2, -0.15) is 5.10 Å². The largest absolute Gasteiger partial charge is 0.234 e. The van der Waals surface area contributed by atoms with E-state index in [1.54, 1.807) is 0 Å². The zero-order valence-corrected chi connectivity index (χ0v) is 16.9. The molecule has 31 heavy (non-hydrogen) atoms. The highest BCUT2D eigenvalue weighted by Crippen LogP contribution is 2.36. The van der Waals surface area contributed by atoms with E-state index in [9.17, 15) is 0 Å². The molecular formula is C29H20N2. The van der Waals surface area contributed by atoms with Gasteiger partial charge in [-0.1, -0.05) is 84.9 Å². The zero-order valence-electron chi connectivity index (χ0n) is 16.9. The molecule has 0 atom stereocenters. The fourth-order valence-corrected chi connectivity index (χ4v) is 4.44. The van der Waals surface area contributed by atoms with Crippen molar-refractivity contribution in [2.75, 3.05) is 5.01 Å². The van der Waals surface area contributed by atoms with Crippen LogP contribution in [0.15, 0.2) is 120 Å². The van der Waals surface area contributed by atoms with Crippen LogP contribution in [0.2, 0.25) is 0 Å². The van der Waals surface area contributed by atoms with Crippen LogP contribution in [0, 0.1) is 0 Å². The molecule has 0 aliphatic rings. The Hall–Kier alpha value is -4.17. The molecule has 0 saturated carbocycles. The lowest BCUT2D eigenvalue weighted by Crippen LogP contribution is -2.09. The minimum absolute atomic E-state index is 1.03. The summed E-state index contributed by atoms with van der Waals surface area (Å²) in [6, 6.07) is 40.2. The maximum Gasteiger partial charge on any atom is 0.0652 e. The number of hydrogen-bond acceptors (Lipinski definition) is 2. The highest BCUT2D eigenvalue weighted by atomic mass is 15.5. The normalized spacial score (nSPS) is 11.7. The Morgan fingerprint density at radius 3 is 1.77 bits per heavy atom. The van der Waals surface area contributed by atoms with Gasteiger partial charge in [0.1, 0.15) is 0 Å². The molecule has 0 unspecified atom stereocenters. The Balaban J connectivity index is 1.56. The molecule has 0 saturated heterocycles. The van der Waals surface area contributed by atoms with E-state index in [2.05, 4.69) is 78.9 Å². The maximum absolute atomic E-state index is 4.95. The van der Waals surface area contributed by atoms with Crippen LogP contribution < -0.4 is 5.01 Å². The van der Waals surface area contributed by atoms with Crippen molar-refractivity contribution in [3.63, 3.8) is 0 Å². The van der Waals surface area contributed by atoms with Gasteiger partial charge in [0, 0.05) is 5.56 Å². The molecule has 6 rings (SSSR count). The van der Waals surface area contributed by atoms with Crippen LogP contribution >= 0.6 is 0 Å². The first-order chi connectivity index (χ1) is 15.4. The third-order valence-corrected chi connectivity index (χ3v) is 5.85. The van der Waals surface area contributed by atoms with Crippen LogP contribution in [-0.2, 0) is 0 Å². The molecule has 2 nitrogen and oxygen atoms in total. The van der Waals surface area contributed by atoms with Crippen molar-refractivity contribution in [2.24, 2.45) is 5.10 Å².